The Bertz CT molecular complexity index is 406. The first-order valence-electron chi connectivity index (χ1n) is 6.44. The Labute approximate surface area is 108 Å². The summed E-state index contributed by atoms with van der Waals surface area (Å²) in [5, 5.41) is 0. The van der Waals surface area contributed by atoms with Crippen LogP contribution in [0.4, 0.5) is 0 Å². The summed E-state index contributed by atoms with van der Waals surface area (Å²) in [5.41, 5.74) is 5.47. The Kier molecular flexibility index (Phi) is 4.04. The van der Waals surface area contributed by atoms with Crippen molar-refractivity contribution in [2.24, 2.45) is 5.73 Å². The number of carbonyl (C=O) groups is 1. The van der Waals surface area contributed by atoms with Crippen LogP contribution in [0.25, 0.3) is 0 Å². The highest BCUT2D eigenvalue weighted by atomic mass is 16.4. The number of hydrogen-bond acceptors (Lipinski definition) is 4. The summed E-state index contributed by atoms with van der Waals surface area (Å²) < 4.78 is 5.39. The predicted octanol–water partition coefficient (Wildman–Crippen LogP) is 0.905. The molecule has 5 nitrogen and oxygen atoms in total. The lowest BCUT2D eigenvalue weighted by molar-refractivity contribution is 0.0564. The molecule has 0 atom stereocenters. The molecule has 0 radical (unpaired) electrons. The van der Waals surface area contributed by atoms with Gasteiger partial charge in [-0.05, 0) is 26.0 Å². The van der Waals surface area contributed by atoms with E-state index in [9.17, 15) is 4.79 Å². The SMILES string of the molecule is CC(C)N1CCN(C(=O)c2ccc(CN)o2)CC1. The van der Waals surface area contributed by atoms with Gasteiger partial charge in [0.2, 0.25) is 0 Å². The van der Waals surface area contributed by atoms with Crippen molar-refractivity contribution < 1.29 is 9.21 Å². The van der Waals surface area contributed by atoms with Gasteiger partial charge >= 0.3 is 0 Å². The lowest BCUT2D eigenvalue weighted by Gasteiger charge is -2.36. The van der Waals surface area contributed by atoms with Gasteiger partial charge in [0.05, 0.1) is 6.54 Å². The van der Waals surface area contributed by atoms with Gasteiger partial charge in [-0.2, -0.15) is 0 Å². The summed E-state index contributed by atoms with van der Waals surface area (Å²) in [6.45, 7) is 8.05. The quantitative estimate of drug-likeness (QED) is 0.867. The molecule has 1 amide bonds. The van der Waals surface area contributed by atoms with Gasteiger partial charge in [0, 0.05) is 32.2 Å². The van der Waals surface area contributed by atoms with Crippen LogP contribution in [0.1, 0.15) is 30.2 Å². The molecular formula is C13H21N3O2. The van der Waals surface area contributed by atoms with Gasteiger partial charge in [-0.3, -0.25) is 9.69 Å². The number of hydrogen-bond donors (Lipinski definition) is 1. The maximum Gasteiger partial charge on any atom is 0.289 e. The van der Waals surface area contributed by atoms with E-state index in [0.717, 1.165) is 26.2 Å². The topological polar surface area (TPSA) is 62.7 Å². The molecule has 2 N–H and O–H groups in total. The van der Waals surface area contributed by atoms with Crippen molar-refractivity contribution in [1.29, 1.82) is 0 Å². The first-order chi connectivity index (χ1) is 8.61. The van der Waals surface area contributed by atoms with Crippen molar-refractivity contribution in [3.05, 3.63) is 23.7 Å². The van der Waals surface area contributed by atoms with Crippen LogP contribution in [0.3, 0.4) is 0 Å². The summed E-state index contributed by atoms with van der Waals surface area (Å²) >= 11 is 0. The smallest absolute Gasteiger partial charge is 0.289 e. The molecule has 2 heterocycles. The molecule has 5 heteroatoms. The van der Waals surface area contributed by atoms with Crippen LogP contribution in [0.15, 0.2) is 16.5 Å². The molecule has 2 rings (SSSR count). The minimum atomic E-state index is -0.0295. The zero-order valence-corrected chi connectivity index (χ0v) is 11.1. The summed E-state index contributed by atoms with van der Waals surface area (Å²) in [7, 11) is 0. The average molecular weight is 251 g/mol. The van der Waals surface area contributed by atoms with E-state index < -0.39 is 0 Å². The van der Waals surface area contributed by atoms with Crippen LogP contribution in [-0.2, 0) is 6.54 Å². The molecule has 0 saturated carbocycles. The summed E-state index contributed by atoms with van der Waals surface area (Å²) in [6, 6.07) is 4.01. The van der Waals surface area contributed by atoms with Gasteiger partial charge in [-0.1, -0.05) is 0 Å². The van der Waals surface area contributed by atoms with Gasteiger partial charge < -0.3 is 15.1 Å². The fourth-order valence-corrected chi connectivity index (χ4v) is 2.20. The van der Waals surface area contributed by atoms with Crippen molar-refractivity contribution in [3.8, 4) is 0 Å². The van der Waals surface area contributed by atoms with Crippen LogP contribution in [0.2, 0.25) is 0 Å². The minimum absolute atomic E-state index is 0.0295. The van der Waals surface area contributed by atoms with E-state index >= 15 is 0 Å². The molecule has 1 aliphatic heterocycles. The van der Waals surface area contributed by atoms with E-state index in [1.807, 2.05) is 4.90 Å². The number of piperazine rings is 1. The van der Waals surface area contributed by atoms with Crippen molar-refractivity contribution >= 4 is 5.91 Å². The largest absolute Gasteiger partial charge is 0.455 e. The first kappa shape index (κ1) is 13.1. The zero-order valence-electron chi connectivity index (χ0n) is 11.1. The van der Waals surface area contributed by atoms with Crippen molar-refractivity contribution in [1.82, 2.24) is 9.80 Å². The van der Waals surface area contributed by atoms with Crippen LogP contribution in [-0.4, -0.2) is 47.9 Å². The molecule has 1 fully saturated rings. The highest BCUT2D eigenvalue weighted by Crippen LogP contribution is 2.13. The predicted molar refractivity (Wildman–Crippen MR) is 69.2 cm³/mol. The van der Waals surface area contributed by atoms with E-state index in [0.29, 0.717) is 24.1 Å². The maximum atomic E-state index is 12.2. The lowest BCUT2D eigenvalue weighted by atomic mass is 10.2. The van der Waals surface area contributed by atoms with Crippen LogP contribution in [0.5, 0.6) is 0 Å². The second-order valence-corrected chi connectivity index (χ2v) is 4.89. The van der Waals surface area contributed by atoms with Crippen LogP contribution in [0, 0.1) is 0 Å². The monoisotopic (exact) mass is 251 g/mol. The van der Waals surface area contributed by atoms with Gasteiger partial charge in [0.25, 0.3) is 5.91 Å². The van der Waals surface area contributed by atoms with Gasteiger partial charge in [-0.15, -0.1) is 0 Å². The first-order valence-corrected chi connectivity index (χ1v) is 6.44. The highest BCUT2D eigenvalue weighted by Gasteiger charge is 2.24. The Morgan fingerprint density at radius 1 is 1.33 bits per heavy atom. The van der Waals surface area contributed by atoms with Gasteiger partial charge in [0.15, 0.2) is 5.76 Å². The molecule has 18 heavy (non-hydrogen) atoms. The lowest BCUT2D eigenvalue weighted by Crippen LogP contribution is -2.50. The third-order valence-electron chi connectivity index (χ3n) is 3.41. The molecule has 0 unspecified atom stereocenters. The van der Waals surface area contributed by atoms with Crippen LogP contribution >= 0.6 is 0 Å². The fraction of sp³-hybridized carbons (Fsp3) is 0.615. The molecule has 100 valence electrons. The zero-order chi connectivity index (χ0) is 13.1. The molecule has 1 saturated heterocycles. The molecule has 0 bridgehead atoms. The summed E-state index contributed by atoms with van der Waals surface area (Å²) in [4.78, 5) is 16.4. The second kappa shape index (κ2) is 5.54. The summed E-state index contributed by atoms with van der Waals surface area (Å²) in [6.07, 6.45) is 0. The van der Waals surface area contributed by atoms with E-state index in [2.05, 4.69) is 18.7 Å². The molecule has 1 aliphatic rings. The summed E-state index contributed by atoms with van der Waals surface area (Å²) in [5.74, 6) is 1.02. The number of nitrogens with zero attached hydrogens (tertiary/aromatic N) is 2. The van der Waals surface area contributed by atoms with Gasteiger partial charge in [-0.25, -0.2) is 0 Å². The molecule has 0 spiro atoms. The van der Waals surface area contributed by atoms with E-state index in [4.69, 9.17) is 10.2 Å². The van der Waals surface area contributed by atoms with Crippen LogP contribution < -0.4 is 5.73 Å². The van der Waals surface area contributed by atoms with Crippen molar-refractivity contribution in [3.63, 3.8) is 0 Å². The normalized spacial score (nSPS) is 17.4. The molecule has 0 aliphatic carbocycles. The molecular weight excluding hydrogens is 230 g/mol. The minimum Gasteiger partial charge on any atom is -0.455 e. The number of furan rings is 1. The Morgan fingerprint density at radius 2 is 2.00 bits per heavy atom. The number of nitrogens with two attached hydrogens (primary N) is 1. The molecule has 1 aromatic heterocycles. The third-order valence-corrected chi connectivity index (χ3v) is 3.41. The molecule has 0 aromatic carbocycles. The van der Waals surface area contributed by atoms with E-state index in [-0.39, 0.29) is 5.91 Å². The van der Waals surface area contributed by atoms with Crippen molar-refractivity contribution in [2.45, 2.75) is 26.4 Å². The second-order valence-electron chi connectivity index (χ2n) is 4.89. The highest BCUT2D eigenvalue weighted by molar-refractivity contribution is 5.91. The fourth-order valence-electron chi connectivity index (χ4n) is 2.20. The van der Waals surface area contributed by atoms with E-state index in [1.54, 1.807) is 12.1 Å². The number of carbonyl (C=O) groups excluding carboxylic acids is 1. The standard InChI is InChI=1S/C13H21N3O2/c1-10(2)15-5-7-16(8-6-15)13(17)12-4-3-11(9-14)18-12/h3-4,10H,5-9,14H2,1-2H3. The number of amides is 1. The Morgan fingerprint density at radius 3 is 2.50 bits per heavy atom. The average Bonchev–Trinajstić information content (AvgIpc) is 2.86. The number of rotatable bonds is 3. The van der Waals surface area contributed by atoms with Crippen molar-refractivity contribution in [2.75, 3.05) is 26.2 Å². The Balaban J connectivity index is 1.95. The van der Waals surface area contributed by atoms with E-state index in [1.165, 1.54) is 0 Å². The Hall–Kier alpha value is -1.33. The maximum absolute atomic E-state index is 12.2. The third kappa shape index (κ3) is 2.73. The van der Waals surface area contributed by atoms with Gasteiger partial charge in [0.1, 0.15) is 5.76 Å². The molecule has 1 aromatic rings.